The summed E-state index contributed by atoms with van der Waals surface area (Å²) in [5.74, 6) is 0.680. The second kappa shape index (κ2) is 4.01. The number of aromatic amines is 1. The van der Waals surface area contributed by atoms with Crippen molar-refractivity contribution in [3.8, 4) is 0 Å². The highest BCUT2D eigenvalue weighted by Crippen LogP contribution is 2.36. The molecule has 84 valence electrons. The van der Waals surface area contributed by atoms with Gasteiger partial charge in [-0.2, -0.15) is 0 Å². The summed E-state index contributed by atoms with van der Waals surface area (Å²) in [4.78, 5) is 5.96. The average Bonchev–Trinajstić information content (AvgIpc) is 2.63. The molecule has 0 radical (unpaired) electrons. The number of nitrogens with one attached hydrogen (secondary N) is 1. The molecule has 1 aliphatic rings. The smallest absolute Gasteiger partial charge is 0.0388 e. The molecular formula is C13H22N2. The van der Waals surface area contributed by atoms with E-state index in [2.05, 4.69) is 50.0 Å². The van der Waals surface area contributed by atoms with Gasteiger partial charge in [0.25, 0.3) is 0 Å². The fourth-order valence-corrected chi connectivity index (χ4v) is 2.96. The fourth-order valence-electron chi connectivity index (χ4n) is 2.96. The van der Waals surface area contributed by atoms with Crippen LogP contribution in [0.5, 0.6) is 0 Å². The first kappa shape index (κ1) is 10.7. The van der Waals surface area contributed by atoms with E-state index in [-0.39, 0.29) is 0 Å². The van der Waals surface area contributed by atoms with Gasteiger partial charge in [0.15, 0.2) is 0 Å². The van der Waals surface area contributed by atoms with E-state index in [9.17, 15) is 0 Å². The zero-order valence-corrected chi connectivity index (χ0v) is 10.2. The molecule has 2 heteroatoms. The van der Waals surface area contributed by atoms with E-state index in [0.717, 1.165) is 0 Å². The Balaban J connectivity index is 2.37. The molecule has 0 aliphatic carbocycles. The van der Waals surface area contributed by atoms with Crippen LogP contribution in [0.3, 0.4) is 0 Å². The zero-order chi connectivity index (χ0) is 11.0. The van der Waals surface area contributed by atoms with Gasteiger partial charge in [0, 0.05) is 30.4 Å². The van der Waals surface area contributed by atoms with Crippen LogP contribution in [0.2, 0.25) is 0 Å². The van der Waals surface area contributed by atoms with Gasteiger partial charge < -0.3 is 4.98 Å². The molecule has 0 spiro atoms. The van der Waals surface area contributed by atoms with Crippen molar-refractivity contribution in [3.63, 3.8) is 0 Å². The van der Waals surface area contributed by atoms with Crippen LogP contribution < -0.4 is 0 Å². The first-order chi connectivity index (χ1) is 7.15. The Kier molecular flexibility index (Phi) is 2.87. The highest BCUT2D eigenvalue weighted by atomic mass is 15.2. The van der Waals surface area contributed by atoms with Crippen LogP contribution in [0, 0.1) is 5.92 Å². The lowest BCUT2D eigenvalue weighted by molar-refractivity contribution is 0.115. The van der Waals surface area contributed by atoms with Crippen molar-refractivity contribution in [3.05, 3.63) is 23.5 Å². The third kappa shape index (κ3) is 1.71. The SMILES string of the molecule is CC[C@@H]1Cc2[nH]ccc2[C@H](C(C)C)N1C. The topological polar surface area (TPSA) is 19.0 Å². The third-order valence-electron chi connectivity index (χ3n) is 3.74. The minimum atomic E-state index is 0.588. The van der Waals surface area contributed by atoms with E-state index < -0.39 is 0 Å². The predicted molar refractivity (Wildman–Crippen MR) is 63.9 cm³/mol. The summed E-state index contributed by atoms with van der Waals surface area (Å²) in [5.41, 5.74) is 2.97. The Bertz CT molecular complexity index is 327. The Morgan fingerprint density at radius 3 is 2.87 bits per heavy atom. The number of fused-ring (bicyclic) bond motifs is 1. The Morgan fingerprint density at radius 1 is 1.53 bits per heavy atom. The number of likely N-dealkylation sites (N-methyl/N-ethyl adjacent to an activating group) is 1. The van der Waals surface area contributed by atoms with Gasteiger partial charge in [-0.3, -0.25) is 4.90 Å². The highest BCUT2D eigenvalue weighted by molar-refractivity contribution is 5.28. The van der Waals surface area contributed by atoms with E-state index in [1.807, 2.05) is 0 Å². The van der Waals surface area contributed by atoms with Crippen molar-refractivity contribution in [2.45, 2.75) is 45.7 Å². The lowest BCUT2D eigenvalue weighted by Crippen LogP contribution is -2.42. The molecule has 0 saturated heterocycles. The van der Waals surface area contributed by atoms with E-state index >= 15 is 0 Å². The number of rotatable bonds is 2. The highest BCUT2D eigenvalue weighted by Gasteiger charge is 2.33. The maximum Gasteiger partial charge on any atom is 0.0388 e. The van der Waals surface area contributed by atoms with Gasteiger partial charge in [0.1, 0.15) is 0 Å². The molecule has 0 saturated carbocycles. The summed E-state index contributed by atoms with van der Waals surface area (Å²) in [5, 5.41) is 0. The molecule has 2 nitrogen and oxygen atoms in total. The molecule has 0 amide bonds. The van der Waals surface area contributed by atoms with Crippen LogP contribution >= 0.6 is 0 Å². The van der Waals surface area contributed by atoms with Crippen molar-refractivity contribution < 1.29 is 0 Å². The second-order valence-corrected chi connectivity index (χ2v) is 5.03. The molecule has 1 aliphatic heterocycles. The maximum atomic E-state index is 3.40. The van der Waals surface area contributed by atoms with Crippen LogP contribution in [0.25, 0.3) is 0 Å². The second-order valence-electron chi connectivity index (χ2n) is 5.03. The standard InChI is InChI=1S/C13H22N2/c1-5-10-8-12-11(6-7-14-12)13(9(2)3)15(10)4/h6-7,9-10,13-14H,5,8H2,1-4H3/t10-,13+/m1/s1. The summed E-state index contributed by atoms with van der Waals surface area (Å²) in [6.07, 6.45) is 4.50. The van der Waals surface area contributed by atoms with Crippen molar-refractivity contribution in [1.82, 2.24) is 9.88 Å². The minimum absolute atomic E-state index is 0.588. The predicted octanol–water partition coefficient (Wildman–Crippen LogP) is 2.98. The minimum Gasteiger partial charge on any atom is -0.365 e. The van der Waals surface area contributed by atoms with E-state index in [1.165, 1.54) is 24.1 Å². The van der Waals surface area contributed by atoms with Gasteiger partial charge in [-0.15, -0.1) is 0 Å². The molecule has 2 rings (SSSR count). The Morgan fingerprint density at radius 2 is 2.27 bits per heavy atom. The van der Waals surface area contributed by atoms with Crippen LogP contribution in [0.15, 0.2) is 12.3 Å². The largest absolute Gasteiger partial charge is 0.365 e. The van der Waals surface area contributed by atoms with Gasteiger partial charge in [-0.25, -0.2) is 0 Å². The molecular weight excluding hydrogens is 184 g/mol. The zero-order valence-electron chi connectivity index (χ0n) is 10.2. The first-order valence-electron chi connectivity index (χ1n) is 6.03. The van der Waals surface area contributed by atoms with Gasteiger partial charge in [0.05, 0.1) is 0 Å². The lowest BCUT2D eigenvalue weighted by Gasteiger charge is -2.41. The maximum absolute atomic E-state index is 3.40. The molecule has 1 aromatic rings. The summed E-state index contributed by atoms with van der Waals surface area (Å²) in [7, 11) is 2.27. The molecule has 15 heavy (non-hydrogen) atoms. The van der Waals surface area contributed by atoms with E-state index in [1.54, 1.807) is 0 Å². The molecule has 1 N–H and O–H groups in total. The molecule has 1 aromatic heterocycles. The molecule has 0 aromatic carbocycles. The van der Waals surface area contributed by atoms with Crippen LogP contribution in [0.4, 0.5) is 0 Å². The number of hydrogen-bond donors (Lipinski definition) is 1. The molecule has 0 fully saturated rings. The summed E-state index contributed by atoms with van der Waals surface area (Å²) in [6.45, 7) is 6.92. The van der Waals surface area contributed by atoms with Crippen molar-refractivity contribution >= 4 is 0 Å². The lowest BCUT2D eigenvalue weighted by atomic mass is 9.87. The normalized spacial score (nSPS) is 27.0. The van der Waals surface area contributed by atoms with Crippen molar-refractivity contribution in [2.75, 3.05) is 7.05 Å². The van der Waals surface area contributed by atoms with Gasteiger partial charge in [-0.1, -0.05) is 20.8 Å². The molecule has 0 bridgehead atoms. The number of H-pyrrole nitrogens is 1. The Hall–Kier alpha value is -0.760. The summed E-state index contributed by atoms with van der Waals surface area (Å²) < 4.78 is 0. The van der Waals surface area contributed by atoms with Crippen LogP contribution in [0.1, 0.15) is 44.5 Å². The van der Waals surface area contributed by atoms with E-state index in [0.29, 0.717) is 18.0 Å². The number of nitrogens with zero attached hydrogens (tertiary/aromatic N) is 1. The Labute approximate surface area is 92.7 Å². The molecule has 2 heterocycles. The first-order valence-corrected chi connectivity index (χ1v) is 6.03. The van der Waals surface area contributed by atoms with Crippen molar-refractivity contribution in [2.24, 2.45) is 5.92 Å². The van der Waals surface area contributed by atoms with Crippen molar-refractivity contribution in [1.29, 1.82) is 0 Å². The summed E-state index contributed by atoms with van der Waals surface area (Å²) in [6, 6.07) is 3.54. The molecule has 0 unspecified atom stereocenters. The van der Waals surface area contributed by atoms with Gasteiger partial charge in [0.2, 0.25) is 0 Å². The van der Waals surface area contributed by atoms with Crippen LogP contribution in [-0.2, 0) is 6.42 Å². The quantitative estimate of drug-likeness (QED) is 0.788. The fraction of sp³-hybridized carbons (Fsp3) is 0.692. The number of hydrogen-bond acceptors (Lipinski definition) is 1. The van der Waals surface area contributed by atoms with Crippen LogP contribution in [-0.4, -0.2) is 23.0 Å². The van der Waals surface area contributed by atoms with Gasteiger partial charge in [-0.05, 0) is 31.0 Å². The molecule has 2 atom stereocenters. The summed E-state index contributed by atoms with van der Waals surface area (Å²) >= 11 is 0. The third-order valence-corrected chi connectivity index (χ3v) is 3.74. The van der Waals surface area contributed by atoms with Gasteiger partial charge >= 0.3 is 0 Å². The average molecular weight is 206 g/mol. The monoisotopic (exact) mass is 206 g/mol. The number of aromatic nitrogens is 1. The van der Waals surface area contributed by atoms with E-state index in [4.69, 9.17) is 0 Å².